The molecule has 6 aromatic carbocycles. The Labute approximate surface area is 263 Å². The van der Waals surface area contributed by atoms with E-state index in [-0.39, 0.29) is 6.29 Å². The van der Waals surface area contributed by atoms with Crippen LogP contribution in [0.1, 0.15) is 11.2 Å². The topological polar surface area (TPSA) is 33.9 Å². The highest BCUT2D eigenvalue weighted by molar-refractivity contribution is 7.19. The lowest BCUT2D eigenvalue weighted by Crippen LogP contribution is -2.36. The van der Waals surface area contributed by atoms with Crippen molar-refractivity contribution in [1.82, 2.24) is 14.5 Å². The number of hydrogen-bond acceptors (Lipinski definition) is 3. The van der Waals surface area contributed by atoms with Crippen molar-refractivity contribution in [2.45, 2.75) is 12.8 Å². The van der Waals surface area contributed by atoms with Gasteiger partial charge < -0.3 is 14.5 Å². The molecule has 4 nitrogen and oxygen atoms in total. The molecule has 4 heterocycles. The van der Waals surface area contributed by atoms with Crippen LogP contribution in [0.2, 0.25) is 0 Å². The molecule has 0 radical (unpaired) electrons. The normalized spacial score (nSPS) is 14.9. The number of fused-ring (bicyclic) bond motifs is 9. The van der Waals surface area contributed by atoms with Gasteiger partial charge in [0.2, 0.25) is 0 Å². The Morgan fingerprint density at radius 2 is 1.11 bits per heavy atom. The molecular formula is C40H28N4S. The van der Waals surface area contributed by atoms with E-state index in [2.05, 4.69) is 159 Å². The molecule has 0 saturated carbocycles. The molecule has 1 aliphatic heterocycles. The fourth-order valence-electron chi connectivity index (χ4n) is 7.38. The van der Waals surface area contributed by atoms with Gasteiger partial charge in [-0.15, -0.1) is 11.3 Å². The number of rotatable bonds is 3. The zero-order valence-corrected chi connectivity index (χ0v) is 25.2. The van der Waals surface area contributed by atoms with Gasteiger partial charge in [-0.1, -0.05) is 84.9 Å². The number of nitrogens with zero attached hydrogens (tertiary/aromatic N) is 2. The van der Waals surface area contributed by atoms with Crippen molar-refractivity contribution in [3.8, 4) is 16.8 Å². The SMILES string of the molecule is c1ccc(-n2c3ccccc3c3cc(-c4ccc5c(c4)c4ccccc4n5C4NCc5sc6ccccc6c5N4)ccc32)cc1. The van der Waals surface area contributed by atoms with Gasteiger partial charge in [0.05, 0.1) is 27.8 Å². The summed E-state index contributed by atoms with van der Waals surface area (Å²) >= 11 is 1.87. The van der Waals surface area contributed by atoms with Crippen molar-refractivity contribution in [2.24, 2.45) is 0 Å². The van der Waals surface area contributed by atoms with Gasteiger partial charge in [0.15, 0.2) is 6.29 Å². The maximum absolute atomic E-state index is 3.87. The third-order valence-electron chi connectivity index (χ3n) is 9.39. The van der Waals surface area contributed by atoms with E-state index in [1.807, 2.05) is 11.3 Å². The summed E-state index contributed by atoms with van der Waals surface area (Å²) in [5, 5.41) is 14.0. The zero-order valence-electron chi connectivity index (χ0n) is 24.4. The Balaban J connectivity index is 1.13. The van der Waals surface area contributed by atoms with E-state index in [1.54, 1.807) is 0 Å². The maximum atomic E-state index is 3.87. The van der Waals surface area contributed by atoms with Crippen molar-refractivity contribution in [3.05, 3.63) is 144 Å². The smallest absolute Gasteiger partial charge is 0.160 e. The van der Waals surface area contributed by atoms with Gasteiger partial charge in [-0.3, -0.25) is 5.32 Å². The van der Waals surface area contributed by atoms with Gasteiger partial charge in [-0.05, 0) is 65.7 Å². The summed E-state index contributed by atoms with van der Waals surface area (Å²) in [5.74, 6) is 0. The summed E-state index contributed by atoms with van der Waals surface area (Å²) in [5.41, 5.74) is 9.76. The average Bonchev–Trinajstić information content (AvgIpc) is 3.75. The Bertz CT molecular complexity index is 2590. The highest BCUT2D eigenvalue weighted by Gasteiger charge is 2.25. The largest absolute Gasteiger partial charge is 0.351 e. The van der Waals surface area contributed by atoms with Crippen LogP contribution in [-0.4, -0.2) is 9.13 Å². The number of aromatic nitrogens is 2. The number of para-hydroxylation sites is 3. The van der Waals surface area contributed by atoms with E-state index in [0.29, 0.717) is 0 Å². The highest BCUT2D eigenvalue weighted by atomic mass is 32.1. The van der Waals surface area contributed by atoms with Crippen molar-refractivity contribution in [3.63, 3.8) is 0 Å². The van der Waals surface area contributed by atoms with E-state index >= 15 is 0 Å². The number of anilines is 1. The quantitative estimate of drug-likeness (QED) is 0.213. The Hall–Kier alpha value is -5.36. The standard InChI is InChI=1S/C40H28N4S/c1-2-10-27(11-3-1)43-33-15-7-4-12-28(33)31-22-25(18-20-35(31)43)26-19-21-36-32(23-26)29-13-5-8-16-34(29)44(36)40-41-24-38-39(42-40)30-14-6-9-17-37(30)45-38/h1-23,40-42H,24H2. The first-order chi connectivity index (χ1) is 22.3. The molecule has 0 spiro atoms. The molecule has 3 aromatic heterocycles. The molecular weight excluding hydrogens is 569 g/mol. The average molecular weight is 597 g/mol. The third-order valence-corrected chi connectivity index (χ3v) is 10.6. The number of thiophene rings is 1. The van der Waals surface area contributed by atoms with E-state index in [1.165, 1.54) is 81.1 Å². The zero-order chi connectivity index (χ0) is 29.5. The molecule has 1 atom stereocenters. The van der Waals surface area contributed by atoms with Gasteiger partial charge in [0.1, 0.15) is 0 Å². The van der Waals surface area contributed by atoms with E-state index in [4.69, 9.17) is 0 Å². The lowest BCUT2D eigenvalue weighted by molar-refractivity contribution is 0.459. The number of hydrogen-bond donors (Lipinski definition) is 2. The van der Waals surface area contributed by atoms with Crippen LogP contribution >= 0.6 is 11.3 Å². The number of benzene rings is 6. The van der Waals surface area contributed by atoms with Crippen LogP contribution in [0.4, 0.5) is 5.69 Å². The fourth-order valence-corrected chi connectivity index (χ4v) is 8.50. The monoisotopic (exact) mass is 596 g/mol. The first-order valence-corrected chi connectivity index (χ1v) is 16.3. The van der Waals surface area contributed by atoms with Gasteiger partial charge in [0.25, 0.3) is 0 Å². The van der Waals surface area contributed by atoms with E-state index in [0.717, 1.165) is 6.54 Å². The molecule has 9 aromatic rings. The Kier molecular flexibility index (Phi) is 5.32. The molecule has 1 unspecified atom stereocenters. The van der Waals surface area contributed by atoms with Gasteiger partial charge in [0, 0.05) is 48.7 Å². The molecule has 5 heteroatoms. The first kappa shape index (κ1) is 25.0. The maximum Gasteiger partial charge on any atom is 0.160 e. The molecule has 1 aliphatic rings. The van der Waals surface area contributed by atoms with Crippen LogP contribution in [0.25, 0.3) is 70.5 Å². The molecule has 214 valence electrons. The highest BCUT2D eigenvalue weighted by Crippen LogP contribution is 2.42. The molecule has 45 heavy (non-hydrogen) atoms. The van der Waals surface area contributed by atoms with Crippen LogP contribution in [0.3, 0.4) is 0 Å². The molecule has 0 bridgehead atoms. The second kappa shape index (κ2) is 9.57. The van der Waals surface area contributed by atoms with Gasteiger partial charge in [-0.25, -0.2) is 0 Å². The van der Waals surface area contributed by atoms with Crippen LogP contribution in [0, 0.1) is 0 Å². The van der Waals surface area contributed by atoms with Crippen molar-refractivity contribution >= 4 is 70.7 Å². The lowest BCUT2D eigenvalue weighted by atomic mass is 10.0. The van der Waals surface area contributed by atoms with Crippen LogP contribution in [-0.2, 0) is 6.54 Å². The summed E-state index contributed by atoms with van der Waals surface area (Å²) in [4.78, 5) is 1.36. The fraction of sp³-hybridized carbons (Fsp3) is 0.0500. The molecule has 0 fully saturated rings. The first-order valence-electron chi connectivity index (χ1n) is 15.4. The van der Waals surface area contributed by atoms with Crippen molar-refractivity contribution < 1.29 is 0 Å². The molecule has 0 aliphatic carbocycles. The van der Waals surface area contributed by atoms with Crippen LogP contribution in [0.5, 0.6) is 0 Å². The third kappa shape index (κ3) is 3.69. The Morgan fingerprint density at radius 3 is 1.91 bits per heavy atom. The predicted octanol–water partition coefficient (Wildman–Crippen LogP) is 10.4. The molecule has 10 rings (SSSR count). The minimum atomic E-state index is -0.0516. The van der Waals surface area contributed by atoms with Crippen molar-refractivity contribution in [1.29, 1.82) is 0 Å². The lowest BCUT2D eigenvalue weighted by Gasteiger charge is -2.29. The van der Waals surface area contributed by atoms with Crippen LogP contribution < -0.4 is 10.6 Å². The number of nitrogens with one attached hydrogen (secondary N) is 2. The van der Waals surface area contributed by atoms with Gasteiger partial charge in [-0.2, -0.15) is 0 Å². The summed E-state index contributed by atoms with van der Waals surface area (Å²) < 4.78 is 6.13. The summed E-state index contributed by atoms with van der Waals surface area (Å²) in [7, 11) is 0. The molecule has 2 N–H and O–H groups in total. The van der Waals surface area contributed by atoms with Crippen LogP contribution in [0.15, 0.2) is 140 Å². The van der Waals surface area contributed by atoms with E-state index < -0.39 is 0 Å². The summed E-state index contributed by atoms with van der Waals surface area (Å²) in [6, 6.07) is 50.7. The minimum Gasteiger partial charge on any atom is -0.351 e. The Morgan fingerprint density at radius 1 is 0.533 bits per heavy atom. The van der Waals surface area contributed by atoms with Crippen molar-refractivity contribution in [2.75, 3.05) is 5.32 Å². The van der Waals surface area contributed by atoms with Gasteiger partial charge >= 0.3 is 0 Å². The predicted molar refractivity (Wildman–Crippen MR) is 191 cm³/mol. The molecule has 0 saturated heterocycles. The molecule has 0 amide bonds. The van der Waals surface area contributed by atoms with E-state index in [9.17, 15) is 0 Å². The second-order valence-electron chi connectivity index (χ2n) is 11.9. The summed E-state index contributed by atoms with van der Waals surface area (Å²) in [6.45, 7) is 0.842. The summed E-state index contributed by atoms with van der Waals surface area (Å²) in [6.07, 6.45) is -0.0516. The second-order valence-corrected chi connectivity index (χ2v) is 13.0. The minimum absolute atomic E-state index is 0.0516.